The molecule has 1 aliphatic rings. The van der Waals surface area contributed by atoms with E-state index in [1.807, 2.05) is 27.7 Å². The standard InChI is InChI=1S/C16H20N2O3/c1-8(2)16(5)15(21)17-13(18-16)12-10(4)9(3)6-7-11(12)14(19)20/h6-8H,1-5H3,(H,19,20)(H,17,18,21). The van der Waals surface area contributed by atoms with Gasteiger partial charge in [0, 0.05) is 5.56 Å². The predicted octanol–water partition coefficient (Wildman–Crippen LogP) is 2.29. The summed E-state index contributed by atoms with van der Waals surface area (Å²) in [6, 6.07) is 3.32. The molecule has 5 heteroatoms. The van der Waals surface area contributed by atoms with Gasteiger partial charge >= 0.3 is 5.97 Å². The maximum atomic E-state index is 12.2. The summed E-state index contributed by atoms with van der Waals surface area (Å²) in [7, 11) is 0. The molecule has 2 N–H and O–H groups in total. The number of carbonyl (C=O) groups excluding carboxylic acids is 1. The second kappa shape index (κ2) is 4.98. The van der Waals surface area contributed by atoms with Crippen molar-refractivity contribution in [3.8, 4) is 0 Å². The largest absolute Gasteiger partial charge is 0.478 e. The zero-order chi connectivity index (χ0) is 15.9. The number of carbonyl (C=O) groups is 2. The van der Waals surface area contributed by atoms with Gasteiger partial charge < -0.3 is 10.4 Å². The van der Waals surface area contributed by atoms with Crippen LogP contribution in [0.15, 0.2) is 17.1 Å². The van der Waals surface area contributed by atoms with Gasteiger partial charge in [-0.05, 0) is 43.9 Å². The number of aryl methyl sites for hydroxylation is 1. The van der Waals surface area contributed by atoms with Crippen molar-refractivity contribution in [2.45, 2.75) is 40.2 Å². The van der Waals surface area contributed by atoms with E-state index in [4.69, 9.17) is 0 Å². The highest BCUT2D eigenvalue weighted by atomic mass is 16.4. The van der Waals surface area contributed by atoms with Gasteiger partial charge in [0.05, 0.1) is 5.56 Å². The SMILES string of the molecule is Cc1ccc(C(=O)O)c(C2=NC(C)(C(C)C)C(=O)N2)c1C. The Morgan fingerprint density at radius 1 is 1.33 bits per heavy atom. The summed E-state index contributed by atoms with van der Waals surface area (Å²) in [6.07, 6.45) is 0. The first-order chi connectivity index (χ1) is 9.68. The van der Waals surface area contributed by atoms with Crippen LogP contribution in [0.2, 0.25) is 0 Å². The number of hydrogen-bond donors (Lipinski definition) is 2. The lowest BCUT2D eigenvalue weighted by molar-refractivity contribution is -0.124. The van der Waals surface area contributed by atoms with Gasteiger partial charge in [0.2, 0.25) is 0 Å². The van der Waals surface area contributed by atoms with Crippen LogP contribution >= 0.6 is 0 Å². The Bertz CT molecular complexity index is 662. The van der Waals surface area contributed by atoms with Gasteiger partial charge in [-0.3, -0.25) is 9.79 Å². The summed E-state index contributed by atoms with van der Waals surface area (Å²) in [5.74, 6) is -0.837. The van der Waals surface area contributed by atoms with E-state index in [-0.39, 0.29) is 17.4 Å². The number of nitrogens with zero attached hydrogens (tertiary/aromatic N) is 1. The molecular weight excluding hydrogens is 268 g/mol. The van der Waals surface area contributed by atoms with Crippen LogP contribution in [0.3, 0.4) is 0 Å². The zero-order valence-corrected chi connectivity index (χ0v) is 12.9. The smallest absolute Gasteiger partial charge is 0.336 e. The molecular formula is C16H20N2O3. The highest BCUT2D eigenvalue weighted by molar-refractivity contribution is 6.19. The lowest BCUT2D eigenvalue weighted by atomic mass is 9.89. The highest BCUT2D eigenvalue weighted by Gasteiger charge is 2.42. The van der Waals surface area contributed by atoms with Gasteiger partial charge in [0.1, 0.15) is 11.4 Å². The Morgan fingerprint density at radius 2 is 1.95 bits per heavy atom. The minimum absolute atomic E-state index is 0.0217. The number of carboxylic acid groups (broad SMARTS) is 1. The number of carboxylic acids is 1. The van der Waals surface area contributed by atoms with Crippen LogP contribution < -0.4 is 5.32 Å². The minimum Gasteiger partial charge on any atom is -0.478 e. The van der Waals surface area contributed by atoms with E-state index < -0.39 is 11.5 Å². The van der Waals surface area contributed by atoms with Crippen molar-refractivity contribution in [2.24, 2.45) is 10.9 Å². The first-order valence-electron chi connectivity index (χ1n) is 6.93. The average Bonchev–Trinajstić information content (AvgIpc) is 2.69. The molecule has 0 fully saturated rings. The normalized spacial score (nSPS) is 21.4. The molecule has 0 aliphatic carbocycles. The highest BCUT2D eigenvalue weighted by Crippen LogP contribution is 2.29. The molecule has 0 aromatic heterocycles. The summed E-state index contributed by atoms with van der Waals surface area (Å²) in [4.78, 5) is 28.2. The third-order valence-electron chi connectivity index (χ3n) is 4.36. The number of nitrogens with one attached hydrogen (secondary N) is 1. The molecule has 112 valence electrons. The second-order valence-electron chi connectivity index (χ2n) is 5.95. The monoisotopic (exact) mass is 288 g/mol. The van der Waals surface area contributed by atoms with Crippen molar-refractivity contribution in [3.63, 3.8) is 0 Å². The molecule has 1 atom stereocenters. The molecule has 5 nitrogen and oxygen atoms in total. The second-order valence-corrected chi connectivity index (χ2v) is 5.95. The molecule has 0 bridgehead atoms. The lowest BCUT2D eigenvalue weighted by Crippen LogP contribution is -2.41. The molecule has 0 radical (unpaired) electrons. The van der Waals surface area contributed by atoms with E-state index >= 15 is 0 Å². The van der Waals surface area contributed by atoms with Crippen LogP contribution in [-0.2, 0) is 4.79 Å². The number of aliphatic imine (C=N–C) groups is 1. The molecule has 0 spiro atoms. The fraction of sp³-hybridized carbons (Fsp3) is 0.438. The van der Waals surface area contributed by atoms with Gasteiger partial charge in [0.15, 0.2) is 0 Å². The molecule has 1 aromatic carbocycles. The van der Waals surface area contributed by atoms with E-state index in [2.05, 4.69) is 10.3 Å². The molecule has 1 amide bonds. The quantitative estimate of drug-likeness (QED) is 0.895. The summed E-state index contributed by atoms with van der Waals surface area (Å²) >= 11 is 0. The molecule has 1 unspecified atom stereocenters. The Labute approximate surface area is 124 Å². The van der Waals surface area contributed by atoms with E-state index in [9.17, 15) is 14.7 Å². The molecule has 1 aromatic rings. The molecule has 0 saturated carbocycles. The van der Waals surface area contributed by atoms with Crippen molar-refractivity contribution in [1.82, 2.24) is 5.32 Å². The lowest BCUT2D eigenvalue weighted by Gasteiger charge is -2.21. The van der Waals surface area contributed by atoms with Gasteiger partial charge in [-0.25, -0.2) is 4.79 Å². The van der Waals surface area contributed by atoms with Gasteiger partial charge in [-0.1, -0.05) is 19.9 Å². The van der Waals surface area contributed by atoms with Crippen molar-refractivity contribution in [3.05, 3.63) is 34.4 Å². The van der Waals surface area contributed by atoms with E-state index in [0.717, 1.165) is 11.1 Å². The first kappa shape index (κ1) is 15.2. The number of aromatic carboxylic acids is 1. The number of rotatable bonds is 3. The van der Waals surface area contributed by atoms with Crippen molar-refractivity contribution in [2.75, 3.05) is 0 Å². The van der Waals surface area contributed by atoms with Crippen LogP contribution in [0.5, 0.6) is 0 Å². The number of amides is 1. The third kappa shape index (κ3) is 2.33. The Balaban J connectivity index is 2.66. The Kier molecular flexibility index (Phi) is 3.61. The van der Waals surface area contributed by atoms with Crippen LogP contribution in [0.25, 0.3) is 0 Å². The summed E-state index contributed by atoms with van der Waals surface area (Å²) < 4.78 is 0. The fourth-order valence-corrected chi connectivity index (χ4v) is 2.35. The fourth-order valence-electron chi connectivity index (χ4n) is 2.35. The predicted molar refractivity (Wildman–Crippen MR) is 80.8 cm³/mol. The molecule has 1 heterocycles. The Morgan fingerprint density at radius 3 is 2.43 bits per heavy atom. The van der Waals surface area contributed by atoms with Crippen LogP contribution in [-0.4, -0.2) is 28.4 Å². The van der Waals surface area contributed by atoms with Crippen LogP contribution in [0.4, 0.5) is 0 Å². The summed E-state index contributed by atoms with van der Waals surface area (Å²) in [5, 5.41) is 12.1. The number of amidine groups is 1. The van der Waals surface area contributed by atoms with Crippen LogP contribution in [0, 0.1) is 19.8 Å². The van der Waals surface area contributed by atoms with Crippen molar-refractivity contribution in [1.29, 1.82) is 0 Å². The summed E-state index contributed by atoms with van der Waals surface area (Å²) in [5.41, 5.74) is 1.58. The average molecular weight is 288 g/mol. The van der Waals surface area contributed by atoms with Gasteiger partial charge in [-0.15, -0.1) is 0 Å². The number of benzene rings is 1. The van der Waals surface area contributed by atoms with E-state index in [1.54, 1.807) is 19.1 Å². The van der Waals surface area contributed by atoms with E-state index in [1.165, 1.54) is 0 Å². The number of hydrogen-bond acceptors (Lipinski definition) is 3. The van der Waals surface area contributed by atoms with E-state index in [0.29, 0.717) is 11.4 Å². The zero-order valence-electron chi connectivity index (χ0n) is 12.9. The van der Waals surface area contributed by atoms with Gasteiger partial charge in [-0.2, -0.15) is 0 Å². The Hall–Kier alpha value is -2.17. The van der Waals surface area contributed by atoms with Gasteiger partial charge in [0.25, 0.3) is 5.91 Å². The van der Waals surface area contributed by atoms with Crippen LogP contribution in [0.1, 0.15) is 47.8 Å². The maximum Gasteiger partial charge on any atom is 0.336 e. The van der Waals surface area contributed by atoms with Crippen molar-refractivity contribution < 1.29 is 14.7 Å². The summed E-state index contributed by atoms with van der Waals surface area (Å²) in [6.45, 7) is 9.37. The minimum atomic E-state index is -1.02. The third-order valence-corrected chi connectivity index (χ3v) is 4.36. The molecule has 1 aliphatic heterocycles. The molecule has 2 rings (SSSR count). The first-order valence-corrected chi connectivity index (χ1v) is 6.93. The maximum absolute atomic E-state index is 12.2. The molecule has 21 heavy (non-hydrogen) atoms. The van der Waals surface area contributed by atoms with Crippen molar-refractivity contribution >= 4 is 17.7 Å². The molecule has 0 saturated heterocycles. The topological polar surface area (TPSA) is 78.8 Å².